The summed E-state index contributed by atoms with van der Waals surface area (Å²) in [7, 11) is 0. The molecule has 3 heterocycles. The van der Waals surface area contributed by atoms with E-state index >= 15 is 0 Å². The Hall–Kier alpha value is -6.00. The topological polar surface area (TPSA) is 19.6 Å². The van der Waals surface area contributed by atoms with E-state index in [4.69, 9.17) is 4.42 Å². The molecular formula is C59H57BN2O. The van der Waals surface area contributed by atoms with E-state index in [0.29, 0.717) is 0 Å². The van der Waals surface area contributed by atoms with Crippen LogP contribution in [0.3, 0.4) is 0 Å². The Balaban J connectivity index is 1.22. The van der Waals surface area contributed by atoms with Crippen molar-refractivity contribution in [2.45, 2.75) is 110 Å². The van der Waals surface area contributed by atoms with E-state index in [-0.39, 0.29) is 28.4 Å². The Morgan fingerprint density at radius 3 is 1.78 bits per heavy atom. The van der Waals surface area contributed by atoms with E-state index in [1.165, 1.54) is 89.3 Å². The van der Waals surface area contributed by atoms with Crippen molar-refractivity contribution in [1.29, 1.82) is 0 Å². The number of para-hydroxylation sites is 2. The van der Waals surface area contributed by atoms with Gasteiger partial charge in [-0.05, 0) is 158 Å². The van der Waals surface area contributed by atoms with E-state index in [9.17, 15) is 0 Å². The highest BCUT2D eigenvalue weighted by Gasteiger charge is 2.48. The van der Waals surface area contributed by atoms with E-state index in [1.54, 1.807) is 0 Å². The summed E-state index contributed by atoms with van der Waals surface area (Å²) in [6, 6.07) is 48.8. The van der Waals surface area contributed by atoms with Crippen molar-refractivity contribution in [3.8, 4) is 11.1 Å². The first-order valence-electron chi connectivity index (χ1n) is 23.2. The Morgan fingerprint density at radius 2 is 1.05 bits per heavy atom. The van der Waals surface area contributed by atoms with Gasteiger partial charge < -0.3 is 14.2 Å². The van der Waals surface area contributed by atoms with E-state index in [1.807, 2.05) is 0 Å². The van der Waals surface area contributed by atoms with Crippen molar-refractivity contribution < 1.29 is 4.42 Å². The van der Waals surface area contributed by atoms with Crippen molar-refractivity contribution in [2.75, 3.05) is 9.80 Å². The van der Waals surface area contributed by atoms with Crippen molar-refractivity contribution in [1.82, 2.24) is 0 Å². The number of nitrogens with zero attached hydrogens (tertiary/aromatic N) is 2. The molecule has 0 unspecified atom stereocenters. The maximum Gasteiger partial charge on any atom is 0.252 e. The quantitative estimate of drug-likeness (QED) is 0.166. The molecular weight excluding hydrogens is 763 g/mol. The highest BCUT2D eigenvalue weighted by atomic mass is 16.3. The van der Waals surface area contributed by atoms with Crippen LogP contribution in [-0.4, -0.2) is 6.71 Å². The Labute approximate surface area is 373 Å². The molecule has 0 saturated carbocycles. The first-order chi connectivity index (χ1) is 30.0. The van der Waals surface area contributed by atoms with Gasteiger partial charge in [0.15, 0.2) is 5.58 Å². The predicted molar refractivity (Wildman–Crippen MR) is 269 cm³/mol. The monoisotopic (exact) mass is 820 g/mol. The van der Waals surface area contributed by atoms with Crippen molar-refractivity contribution >= 4 is 79.2 Å². The number of furan rings is 1. The standard InChI is InChI=1S/C59H57BN2O/c1-35-27-51-54-52(28-35)62(48-21-16-20-40-39-19-14-15-22-53(39)63-55(40)48)50-33-43-42(56(3,4)25-26-57(43,5)6)31-46(50)60(54)45-30-38(37-17-12-11-13-18-37)23-24-47(45)61(51)49-32-44-41(29-36(49)2)58(7,8)34-59(44,9)10/h11-24,27-33H,25-26,34H2,1-10H3. The summed E-state index contributed by atoms with van der Waals surface area (Å²) in [6.07, 6.45) is 3.45. The van der Waals surface area contributed by atoms with Crippen LogP contribution < -0.4 is 26.2 Å². The van der Waals surface area contributed by atoms with Gasteiger partial charge in [0.05, 0.1) is 5.69 Å². The fourth-order valence-corrected chi connectivity index (χ4v) is 12.8. The van der Waals surface area contributed by atoms with Crippen LogP contribution in [0.5, 0.6) is 0 Å². The minimum Gasteiger partial charge on any atom is -0.454 e. The first-order valence-corrected chi connectivity index (χ1v) is 23.2. The van der Waals surface area contributed by atoms with Gasteiger partial charge in [0.25, 0.3) is 6.71 Å². The molecule has 3 nitrogen and oxygen atoms in total. The molecule has 4 aliphatic rings. The van der Waals surface area contributed by atoms with Gasteiger partial charge in [0.2, 0.25) is 0 Å². The molecule has 0 fully saturated rings. The highest BCUT2D eigenvalue weighted by Crippen LogP contribution is 2.55. The van der Waals surface area contributed by atoms with Gasteiger partial charge in [-0.3, -0.25) is 0 Å². The summed E-state index contributed by atoms with van der Waals surface area (Å²) in [4.78, 5) is 5.23. The summed E-state index contributed by atoms with van der Waals surface area (Å²) in [5.74, 6) is 0. The Bertz CT molecular complexity index is 3260. The zero-order valence-corrected chi connectivity index (χ0v) is 38.6. The summed E-state index contributed by atoms with van der Waals surface area (Å²) < 4.78 is 6.94. The molecule has 4 heteroatoms. The molecule has 7 aromatic carbocycles. The van der Waals surface area contributed by atoms with Crippen LogP contribution in [0.15, 0.2) is 132 Å². The zero-order chi connectivity index (χ0) is 43.5. The van der Waals surface area contributed by atoms with Gasteiger partial charge in [-0.25, -0.2) is 0 Å². The van der Waals surface area contributed by atoms with Gasteiger partial charge in [0.1, 0.15) is 5.58 Å². The molecule has 312 valence electrons. The van der Waals surface area contributed by atoms with Crippen LogP contribution in [0.1, 0.15) is 108 Å². The Kier molecular flexibility index (Phi) is 7.86. The van der Waals surface area contributed by atoms with Gasteiger partial charge >= 0.3 is 0 Å². The molecule has 0 atom stereocenters. The predicted octanol–water partition coefficient (Wildman–Crippen LogP) is 14.3. The fraction of sp³-hybridized carbons (Fsp3) is 0.288. The maximum absolute atomic E-state index is 6.94. The summed E-state index contributed by atoms with van der Waals surface area (Å²) in [5, 5.41) is 2.29. The number of aryl methyl sites for hydroxylation is 2. The normalized spacial score (nSPS) is 18.2. The summed E-state index contributed by atoms with van der Waals surface area (Å²) in [5.41, 5.74) is 24.5. The molecule has 8 aromatic rings. The molecule has 63 heavy (non-hydrogen) atoms. The lowest BCUT2D eigenvalue weighted by Gasteiger charge is -2.47. The second kappa shape index (κ2) is 12.8. The number of anilines is 6. The van der Waals surface area contributed by atoms with Crippen LogP contribution in [-0.2, 0) is 21.7 Å². The maximum atomic E-state index is 6.94. The summed E-state index contributed by atoms with van der Waals surface area (Å²) >= 11 is 0. The van der Waals surface area contributed by atoms with Gasteiger partial charge in [-0.15, -0.1) is 0 Å². The van der Waals surface area contributed by atoms with Crippen LogP contribution in [0.4, 0.5) is 34.1 Å². The minimum atomic E-state index is 0.00267. The molecule has 0 bridgehead atoms. The third-order valence-electron chi connectivity index (χ3n) is 15.8. The number of fused-ring (bicyclic) bond motifs is 9. The highest BCUT2D eigenvalue weighted by molar-refractivity contribution is 7.00. The third kappa shape index (κ3) is 5.46. The lowest BCUT2D eigenvalue weighted by atomic mass is 9.33. The average Bonchev–Trinajstić information content (AvgIpc) is 3.72. The van der Waals surface area contributed by atoms with Gasteiger partial charge in [-0.2, -0.15) is 0 Å². The molecule has 2 aliphatic carbocycles. The molecule has 0 spiro atoms. The molecule has 0 N–H and O–H groups in total. The van der Waals surface area contributed by atoms with Crippen LogP contribution in [0.25, 0.3) is 33.1 Å². The lowest BCUT2D eigenvalue weighted by Crippen LogP contribution is -2.62. The zero-order valence-electron chi connectivity index (χ0n) is 38.6. The average molecular weight is 821 g/mol. The number of hydrogen-bond acceptors (Lipinski definition) is 3. The number of benzene rings is 7. The molecule has 1 aromatic heterocycles. The van der Waals surface area contributed by atoms with Crippen molar-refractivity contribution in [2.24, 2.45) is 0 Å². The van der Waals surface area contributed by atoms with Crippen molar-refractivity contribution in [3.63, 3.8) is 0 Å². The smallest absolute Gasteiger partial charge is 0.252 e. The Morgan fingerprint density at radius 1 is 0.460 bits per heavy atom. The largest absolute Gasteiger partial charge is 0.454 e. The lowest BCUT2D eigenvalue weighted by molar-refractivity contribution is 0.332. The summed E-state index contributed by atoms with van der Waals surface area (Å²) in [6.45, 7) is 24.2. The SMILES string of the molecule is Cc1cc2c3c(c1)N(c1cccc4c1oc1ccccc14)c1cc4c(cc1B3c1cc(-c3ccccc3)ccc1N2c1cc2c(cc1C)C(C)(C)CC2(C)C)C(C)(C)CCC4(C)C. The number of hydrogen-bond donors (Lipinski definition) is 0. The number of rotatable bonds is 3. The molecule has 12 rings (SSSR count). The van der Waals surface area contributed by atoms with Gasteiger partial charge in [0, 0.05) is 39.2 Å². The van der Waals surface area contributed by atoms with Crippen LogP contribution in [0.2, 0.25) is 0 Å². The van der Waals surface area contributed by atoms with Crippen molar-refractivity contribution in [3.05, 3.63) is 161 Å². The molecule has 0 amide bonds. The fourth-order valence-electron chi connectivity index (χ4n) is 12.8. The molecule has 0 radical (unpaired) electrons. The van der Waals surface area contributed by atoms with Gasteiger partial charge in [-0.1, -0.05) is 140 Å². The first kappa shape index (κ1) is 38.7. The van der Waals surface area contributed by atoms with E-state index in [0.717, 1.165) is 46.9 Å². The molecule has 2 aliphatic heterocycles. The third-order valence-corrected chi connectivity index (χ3v) is 15.8. The molecule has 0 saturated heterocycles. The van der Waals surface area contributed by atoms with E-state index < -0.39 is 0 Å². The van der Waals surface area contributed by atoms with Crippen LogP contribution >= 0.6 is 0 Å². The second-order valence-corrected chi connectivity index (χ2v) is 22.1. The van der Waals surface area contributed by atoms with E-state index in [2.05, 4.69) is 206 Å². The second-order valence-electron chi connectivity index (χ2n) is 22.1. The van der Waals surface area contributed by atoms with Crippen LogP contribution in [0, 0.1) is 13.8 Å². The minimum absolute atomic E-state index is 0.00267.